The second-order valence-electron chi connectivity index (χ2n) is 11.6. The van der Waals surface area contributed by atoms with Crippen molar-refractivity contribution in [2.24, 2.45) is 11.7 Å². The van der Waals surface area contributed by atoms with Crippen LogP contribution >= 0.6 is 0 Å². The minimum absolute atomic E-state index is 0.00135. The molecule has 0 unspecified atom stereocenters. The molecular formula is C31H43F3N4O4S. The fraction of sp³-hybridized carbons (Fsp3) is 0.581. The van der Waals surface area contributed by atoms with Crippen LogP contribution in [0.4, 0.5) is 18.9 Å². The molecule has 1 saturated carbocycles. The van der Waals surface area contributed by atoms with Gasteiger partial charge in [-0.25, -0.2) is 21.6 Å². The SMILES string of the molecule is CCCS(=O)(=O)N1CCNC[C@@H]1CCc1c(NC(=O)[C@@H](N)[C@@H](c2ccc(F)cc2)[C@H]2CC[C@H](OC)CC2)ccc(F)c1F. The summed E-state index contributed by atoms with van der Waals surface area (Å²) in [6.45, 7) is 2.99. The zero-order valence-corrected chi connectivity index (χ0v) is 25.6. The molecular weight excluding hydrogens is 581 g/mol. The third kappa shape index (κ3) is 8.16. The Morgan fingerprint density at radius 2 is 1.81 bits per heavy atom. The van der Waals surface area contributed by atoms with Crippen molar-refractivity contribution in [3.8, 4) is 0 Å². The Labute approximate surface area is 252 Å². The highest BCUT2D eigenvalue weighted by Crippen LogP contribution is 2.39. The van der Waals surface area contributed by atoms with E-state index in [-0.39, 0.29) is 41.9 Å². The van der Waals surface area contributed by atoms with Crippen molar-refractivity contribution in [1.82, 2.24) is 9.62 Å². The first kappa shape index (κ1) is 33.4. The first-order valence-electron chi connectivity index (χ1n) is 15.1. The van der Waals surface area contributed by atoms with Gasteiger partial charge in [0.05, 0.1) is 17.9 Å². The highest BCUT2D eigenvalue weighted by Gasteiger charge is 2.36. The van der Waals surface area contributed by atoms with E-state index in [4.69, 9.17) is 10.5 Å². The number of benzene rings is 2. The lowest BCUT2D eigenvalue weighted by Gasteiger charge is -2.36. The quantitative estimate of drug-likeness (QED) is 0.325. The van der Waals surface area contributed by atoms with Gasteiger partial charge in [-0.15, -0.1) is 0 Å². The number of nitrogens with one attached hydrogen (secondary N) is 2. The molecule has 1 heterocycles. The largest absolute Gasteiger partial charge is 0.381 e. The maximum absolute atomic E-state index is 15.2. The summed E-state index contributed by atoms with van der Waals surface area (Å²) in [6, 6.07) is 6.71. The molecule has 4 rings (SSSR count). The Hall–Kier alpha value is -2.51. The molecule has 0 aromatic heterocycles. The molecule has 2 fully saturated rings. The first-order valence-corrected chi connectivity index (χ1v) is 16.7. The van der Waals surface area contributed by atoms with Gasteiger partial charge in [0.1, 0.15) is 5.82 Å². The highest BCUT2D eigenvalue weighted by molar-refractivity contribution is 7.89. The molecule has 238 valence electrons. The van der Waals surface area contributed by atoms with Gasteiger partial charge in [0, 0.05) is 50.0 Å². The molecule has 2 aromatic rings. The summed E-state index contributed by atoms with van der Waals surface area (Å²) in [5.41, 5.74) is 7.37. The summed E-state index contributed by atoms with van der Waals surface area (Å²) < 4.78 is 76.0. The van der Waals surface area contributed by atoms with Crippen LogP contribution in [0.25, 0.3) is 0 Å². The van der Waals surface area contributed by atoms with Crippen molar-refractivity contribution in [2.45, 2.75) is 76.0 Å². The molecule has 0 radical (unpaired) electrons. The number of ether oxygens (including phenoxy) is 1. The van der Waals surface area contributed by atoms with E-state index in [1.54, 1.807) is 26.2 Å². The summed E-state index contributed by atoms with van der Waals surface area (Å²) in [7, 11) is -1.82. The topological polar surface area (TPSA) is 114 Å². The number of piperazine rings is 1. The van der Waals surface area contributed by atoms with Gasteiger partial charge >= 0.3 is 0 Å². The Bertz CT molecular complexity index is 1340. The maximum atomic E-state index is 15.2. The van der Waals surface area contributed by atoms with Crippen molar-refractivity contribution in [3.63, 3.8) is 0 Å². The van der Waals surface area contributed by atoms with Crippen LogP contribution in [0.2, 0.25) is 0 Å². The molecule has 1 amide bonds. The summed E-state index contributed by atoms with van der Waals surface area (Å²) in [5, 5.41) is 5.91. The second-order valence-corrected chi connectivity index (χ2v) is 13.6. The normalized spacial score (nSPS) is 23.1. The molecule has 43 heavy (non-hydrogen) atoms. The Morgan fingerprint density at radius 1 is 1.12 bits per heavy atom. The van der Waals surface area contributed by atoms with Crippen molar-refractivity contribution >= 4 is 21.6 Å². The number of carbonyl (C=O) groups is 1. The van der Waals surface area contributed by atoms with E-state index in [0.717, 1.165) is 37.3 Å². The molecule has 2 aliphatic rings. The van der Waals surface area contributed by atoms with Crippen molar-refractivity contribution < 1.29 is 31.1 Å². The Kier molecular flexibility index (Phi) is 11.6. The lowest BCUT2D eigenvalue weighted by atomic mass is 9.72. The number of nitrogens with zero attached hydrogens (tertiary/aromatic N) is 1. The lowest BCUT2D eigenvalue weighted by molar-refractivity contribution is -0.118. The number of carbonyl (C=O) groups excluding carboxylic acids is 1. The number of methoxy groups -OCH3 is 1. The van der Waals surface area contributed by atoms with E-state index in [2.05, 4.69) is 10.6 Å². The minimum atomic E-state index is -3.49. The summed E-state index contributed by atoms with van der Waals surface area (Å²) in [5.74, 6) is -3.50. The van der Waals surface area contributed by atoms with Gasteiger partial charge in [-0.1, -0.05) is 19.1 Å². The maximum Gasteiger partial charge on any atom is 0.241 e. The number of hydrogen-bond donors (Lipinski definition) is 3. The molecule has 0 spiro atoms. The van der Waals surface area contributed by atoms with E-state index in [0.29, 0.717) is 26.1 Å². The number of halogens is 3. The molecule has 4 N–H and O–H groups in total. The third-order valence-electron chi connectivity index (χ3n) is 8.80. The van der Waals surface area contributed by atoms with Gasteiger partial charge in [-0.2, -0.15) is 4.31 Å². The number of amides is 1. The Morgan fingerprint density at radius 3 is 2.47 bits per heavy atom. The molecule has 12 heteroatoms. The van der Waals surface area contributed by atoms with Gasteiger partial charge in [-0.3, -0.25) is 4.79 Å². The number of nitrogens with two attached hydrogens (primary N) is 1. The van der Waals surface area contributed by atoms with Gasteiger partial charge in [0.25, 0.3) is 0 Å². The van der Waals surface area contributed by atoms with E-state index in [9.17, 15) is 22.0 Å². The summed E-state index contributed by atoms with van der Waals surface area (Å²) >= 11 is 0. The number of anilines is 1. The van der Waals surface area contributed by atoms with Crippen LogP contribution < -0.4 is 16.4 Å². The molecule has 2 aromatic carbocycles. The average molecular weight is 625 g/mol. The van der Waals surface area contributed by atoms with Crippen molar-refractivity contribution in [1.29, 1.82) is 0 Å². The Balaban J connectivity index is 1.55. The molecule has 0 bridgehead atoms. The van der Waals surface area contributed by atoms with Crippen molar-refractivity contribution in [3.05, 3.63) is 65.0 Å². The average Bonchev–Trinajstić information content (AvgIpc) is 3.00. The summed E-state index contributed by atoms with van der Waals surface area (Å²) in [6.07, 6.45) is 3.99. The zero-order valence-electron chi connectivity index (χ0n) is 24.8. The monoisotopic (exact) mass is 624 g/mol. The van der Waals surface area contributed by atoms with Crippen LogP contribution in [-0.4, -0.2) is 69.3 Å². The van der Waals surface area contributed by atoms with Gasteiger partial charge in [0.2, 0.25) is 15.9 Å². The summed E-state index contributed by atoms with van der Waals surface area (Å²) in [4.78, 5) is 13.6. The van der Waals surface area contributed by atoms with E-state index in [1.165, 1.54) is 22.5 Å². The van der Waals surface area contributed by atoms with Crippen LogP contribution in [-0.2, 0) is 26.0 Å². The fourth-order valence-electron chi connectivity index (χ4n) is 6.52. The van der Waals surface area contributed by atoms with Gasteiger partial charge in [-0.05, 0) is 80.7 Å². The smallest absolute Gasteiger partial charge is 0.241 e. The standard InChI is InChI=1S/C31H43F3N4O4S/c1-3-18-43(40,41)38-17-16-36-19-23(38)10-13-25-27(15-14-26(33)29(25)34)37-31(39)30(35)28(20-4-8-22(32)9-5-20)21-6-11-24(42-2)12-7-21/h4-5,8-9,14-15,21,23-24,28,30,36H,3,6-7,10-13,16-19,35H2,1-2H3,(H,37,39)/t21-,23-,24-,28-,30-/m0/s1. The predicted octanol–water partition coefficient (Wildman–Crippen LogP) is 4.30. The van der Waals surface area contributed by atoms with Crippen LogP contribution in [0.3, 0.4) is 0 Å². The highest BCUT2D eigenvalue weighted by atomic mass is 32.2. The van der Waals surface area contributed by atoms with Gasteiger partial charge < -0.3 is 21.1 Å². The predicted molar refractivity (Wildman–Crippen MR) is 161 cm³/mol. The van der Waals surface area contributed by atoms with Crippen LogP contribution in [0, 0.1) is 23.4 Å². The third-order valence-corrected chi connectivity index (χ3v) is 10.9. The zero-order chi connectivity index (χ0) is 31.1. The molecule has 8 nitrogen and oxygen atoms in total. The van der Waals surface area contributed by atoms with Crippen LogP contribution in [0.5, 0.6) is 0 Å². The molecule has 1 saturated heterocycles. The second kappa shape index (κ2) is 15.0. The van der Waals surface area contributed by atoms with E-state index in [1.807, 2.05) is 0 Å². The van der Waals surface area contributed by atoms with E-state index < -0.39 is 51.4 Å². The minimum Gasteiger partial charge on any atom is -0.381 e. The van der Waals surface area contributed by atoms with E-state index >= 15 is 4.39 Å². The fourth-order valence-corrected chi connectivity index (χ4v) is 8.27. The molecule has 1 aliphatic carbocycles. The number of hydrogen-bond acceptors (Lipinski definition) is 6. The van der Waals surface area contributed by atoms with Crippen LogP contribution in [0.1, 0.15) is 62.5 Å². The van der Waals surface area contributed by atoms with Crippen molar-refractivity contribution in [2.75, 3.05) is 37.8 Å². The van der Waals surface area contributed by atoms with Crippen LogP contribution in [0.15, 0.2) is 36.4 Å². The van der Waals surface area contributed by atoms with Gasteiger partial charge in [0.15, 0.2) is 11.6 Å². The number of rotatable bonds is 12. The lowest BCUT2D eigenvalue weighted by Crippen LogP contribution is -2.54. The molecule has 1 aliphatic heterocycles. The molecule has 3 atom stereocenters. The first-order chi connectivity index (χ1) is 20.6. The number of sulfonamides is 1.